The zero-order valence-corrected chi connectivity index (χ0v) is 13.8. The average Bonchev–Trinajstić information content (AvgIpc) is 2.51. The molecule has 0 radical (unpaired) electrons. The first-order valence-corrected chi connectivity index (χ1v) is 7.67. The Balaban J connectivity index is 2.09. The molecule has 1 amide bonds. The summed E-state index contributed by atoms with van der Waals surface area (Å²) in [5.74, 6) is -3.20. The number of aliphatic hydroxyl groups is 1. The number of ether oxygens (including phenoxy) is 1. The average molecular weight is 338 g/mol. The third kappa shape index (κ3) is 2.99. The molecule has 24 heavy (non-hydrogen) atoms. The van der Waals surface area contributed by atoms with Crippen LogP contribution in [-0.4, -0.2) is 35.9 Å². The van der Waals surface area contributed by atoms with Crippen molar-refractivity contribution in [3.05, 3.63) is 34.9 Å². The Morgan fingerprint density at radius 3 is 2.50 bits per heavy atom. The van der Waals surface area contributed by atoms with E-state index in [9.17, 15) is 18.7 Å². The molecule has 1 aromatic carbocycles. The minimum atomic E-state index is -1.22. The minimum Gasteiger partial charge on any atom is -0.387 e. The van der Waals surface area contributed by atoms with Crippen LogP contribution in [0.1, 0.15) is 43.1 Å². The first-order chi connectivity index (χ1) is 11.2. The Morgan fingerprint density at radius 1 is 1.46 bits per heavy atom. The van der Waals surface area contributed by atoms with Crippen molar-refractivity contribution in [3.8, 4) is 6.07 Å². The second-order valence-corrected chi connectivity index (χ2v) is 6.51. The van der Waals surface area contributed by atoms with Gasteiger partial charge in [0.2, 0.25) is 0 Å². The normalized spacial score (nSPS) is 24.8. The van der Waals surface area contributed by atoms with Gasteiger partial charge >= 0.3 is 0 Å². The molecule has 1 saturated carbocycles. The van der Waals surface area contributed by atoms with Gasteiger partial charge < -0.3 is 15.2 Å². The largest absolute Gasteiger partial charge is 0.387 e. The van der Waals surface area contributed by atoms with Crippen molar-refractivity contribution in [2.24, 2.45) is 5.41 Å². The van der Waals surface area contributed by atoms with E-state index in [0.29, 0.717) is 13.0 Å². The van der Waals surface area contributed by atoms with Crippen LogP contribution in [0.4, 0.5) is 8.78 Å². The van der Waals surface area contributed by atoms with Crippen molar-refractivity contribution in [2.45, 2.75) is 38.9 Å². The van der Waals surface area contributed by atoms with E-state index in [0.717, 1.165) is 12.1 Å². The molecule has 2 N–H and O–H groups in total. The molecular weight excluding hydrogens is 318 g/mol. The highest BCUT2D eigenvalue weighted by Crippen LogP contribution is 2.50. The number of hydrogen-bond acceptors (Lipinski definition) is 4. The number of benzene rings is 1. The molecule has 1 aromatic rings. The summed E-state index contributed by atoms with van der Waals surface area (Å²) in [6.45, 7) is 5.84. The van der Waals surface area contributed by atoms with E-state index < -0.39 is 34.1 Å². The third-order valence-corrected chi connectivity index (χ3v) is 4.83. The van der Waals surface area contributed by atoms with Crippen molar-refractivity contribution in [1.29, 1.82) is 5.26 Å². The molecule has 5 nitrogen and oxygen atoms in total. The predicted molar refractivity (Wildman–Crippen MR) is 82.2 cm³/mol. The summed E-state index contributed by atoms with van der Waals surface area (Å²) in [7, 11) is 0. The molecule has 0 heterocycles. The zero-order chi connectivity index (χ0) is 18.1. The van der Waals surface area contributed by atoms with Crippen molar-refractivity contribution in [3.63, 3.8) is 0 Å². The molecule has 7 heteroatoms. The van der Waals surface area contributed by atoms with Crippen LogP contribution in [0.2, 0.25) is 0 Å². The number of carbonyl (C=O) groups is 1. The van der Waals surface area contributed by atoms with E-state index in [1.807, 2.05) is 20.8 Å². The summed E-state index contributed by atoms with van der Waals surface area (Å²) in [6.07, 6.45) is 0.180. The van der Waals surface area contributed by atoms with Crippen LogP contribution in [0, 0.1) is 28.4 Å². The maximum absolute atomic E-state index is 13.8. The Hall–Kier alpha value is -2.04. The molecule has 1 aliphatic rings. The van der Waals surface area contributed by atoms with Crippen molar-refractivity contribution in [2.75, 3.05) is 13.2 Å². The summed E-state index contributed by atoms with van der Waals surface area (Å²) in [6, 6.07) is 3.20. The molecule has 1 aliphatic carbocycles. The number of hydrogen-bond donors (Lipinski definition) is 2. The van der Waals surface area contributed by atoms with Crippen molar-refractivity contribution >= 4 is 5.91 Å². The Labute approximate surface area is 139 Å². The number of halogens is 2. The van der Waals surface area contributed by atoms with Gasteiger partial charge in [0.05, 0.1) is 23.3 Å². The first kappa shape index (κ1) is 18.3. The fourth-order valence-electron chi connectivity index (χ4n) is 2.93. The fraction of sp³-hybridized carbons (Fsp3) is 0.529. The fourth-order valence-corrected chi connectivity index (χ4v) is 2.93. The second-order valence-electron chi connectivity index (χ2n) is 6.51. The molecule has 130 valence electrons. The predicted octanol–water partition coefficient (Wildman–Crippen LogP) is 2.13. The van der Waals surface area contributed by atoms with Crippen LogP contribution >= 0.6 is 0 Å². The molecule has 0 spiro atoms. The Bertz CT molecular complexity index is 677. The monoisotopic (exact) mass is 338 g/mol. The summed E-state index contributed by atoms with van der Waals surface area (Å²) >= 11 is 0. The standard InChI is InChI=1S/C17H20F2N2O3/c1-4-24-13-7-17(23,16(13,2)3)9-21-15(22)14-11(18)5-10(8-20)6-12(14)19/h5-6,13,23H,4,7,9H2,1-3H3,(H,21,22). The molecule has 2 rings (SSSR count). The van der Waals surface area contributed by atoms with Crippen LogP contribution in [-0.2, 0) is 4.74 Å². The third-order valence-electron chi connectivity index (χ3n) is 4.83. The lowest BCUT2D eigenvalue weighted by molar-refractivity contribution is -0.237. The van der Waals surface area contributed by atoms with Crippen molar-refractivity contribution in [1.82, 2.24) is 5.32 Å². The van der Waals surface area contributed by atoms with E-state index in [2.05, 4.69) is 5.32 Å². The van der Waals surface area contributed by atoms with Crippen LogP contribution in [0.3, 0.4) is 0 Å². The van der Waals surface area contributed by atoms with Crippen molar-refractivity contribution < 1.29 is 23.4 Å². The molecular formula is C17H20F2N2O3. The van der Waals surface area contributed by atoms with Crippen LogP contribution in [0.5, 0.6) is 0 Å². The van der Waals surface area contributed by atoms with Gasteiger partial charge in [-0.15, -0.1) is 0 Å². The first-order valence-electron chi connectivity index (χ1n) is 7.67. The van der Waals surface area contributed by atoms with Gasteiger partial charge in [-0.2, -0.15) is 5.26 Å². The van der Waals surface area contributed by atoms with E-state index >= 15 is 0 Å². The van der Waals surface area contributed by atoms with Gasteiger partial charge in [-0.25, -0.2) is 8.78 Å². The number of amides is 1. The summed E-state index contributed by atoms with van der Waals surface area (Å²) in [5, 5.41) is 21.7. The number of nitrogens with one attached hydrogen (secondary N) is 1. The lowest BCUT2D eigenvalue weighted by atomic mass is 9.56. The SMILES string of the molecule is CCOC1CC(O)(CNC(=O)c2c(F)cc(C#N)cc2F)C1(C)C. The summed E-state index contributed by atoms with van der Waals surface area (Å²) in [5.41, 5.74) is -2.80. The highest BCUT2D eigenvalue weighted by molar-refractivity contribution is 5.95. The van der Waals surface area contributed by atoms with E-state index in [4.69, 9.17) is 10.00 Å². The molecule has 0 aliphatic heterocycles. The van der Waals surface area contributed by atoms with Gasteiger partial charge in [-0.3, -0.25) is 4.79 Å². The van der Waals surface area contributed by atoms with Gasteiger partial charge in [-0.1, -0.05) is 13.8 Å². The van der Waals surface area contributed by atoms with Gasteiger partial charge in [-0.05, 0) is 19.1 Å². The second kappa shape index (κ2) is 6.46. The zero-order valence-electron chi connectivity index (χ0n) is 13.8. The van der Waals surface area contributed by atoms with Gasteiger partial charge in [0.25, 0.3) is 5.91 Å². The van der Waals surface area contributed by atoms with Crippen LogP contribution in [0.25, 0.3) is 0 Å². The summed E-state index contributed by atoms with van der Waals surface area (Å²) in [4.78, 5) is 12.1. The quantitative estimate of drug-likeness (QED) is 0.862. The highest BCUT2D eigenvalue weighted by Gasteiger charge is 2.60. The van der Waals surface area contributed by atoms with Crippen LogP contribution in [0.15, 0.2) is 12.1 Å². The van der Waals surface area contributed by atoms with E-state index in [1.165, 1.54) is 0 Å². The van der Waals surface area contributed by atoms with Gasteiger partial charge in [0.1, 0.15) is 17.2 Å². The number of nitrogens with zero attached hydrogens (tertiary/aromatic N) is 1. The maximum Gasteiger partial charge on any atom is 0.257 e. The summed E-state index contributed by atoms with van der Waals surface area (Å²) < 4.78 is 33.2. The van der Waals surface area contributed by atoms with E-state index in [-0.39, 0.29) is 18.2 Å². The van der Waals surface area contributed by atoms with Gasteiger partial charge in [0.15, 0.2) is 0 Å². The van der Waals surface area contributed by atoms with Crippen LogP contribution < -0.4 is 5.32 Å². The number of carbonyl (C=O) groups excluding carboxylic acids is 1. The van der Waals surface area contributed by atoms with Gasteiger partial charge in [0, 0.05) is 25.0 Å². The molecule has 2 atom stereocenters. The lowest BCUT2D eigenvalue weighted by Crippen LogP contribution is -2.68. The minimum absolute atomic E-state index is 0.146. The lowest BCUT2D eigenvalue weighted by Gasteiger charge is -2.57. The molecule has 2 unspecified atom stereocenters. The number of rotatable bonds is 5. The highest BCUT2D eigenvalue weighted by atomic mass is 19.1. The topological polar surface area (TPSA) is 82.3 Å². The number of nitriles is 1. The maximum atomic E-state index is 13.8. The molecule has 0 aromatic heterocycles. The van der Waals surface area contributed by atoms with E-state index in [1.54, 1.807) is 6.07 Å². The Kier molecular flexibility index (Phi) is 4.92. The molecule has 1 fully saturated rings. The molecule has 0 saturated heterocycles. The molecule has 0 bridgehead atoms. The smallest absolute Gasteiger partial charge is 0.257 e. The Morgan fingerprint density at radius 2 is 2.04 bits per heavy atom.